The largest absolute Gasteiger partial charge is 0.272 e. The molecule has 2 aromatic heterocycles. The molecule has 7 nitrogen and oxygen atoms in total. The van der Waals surface area contributed by atoms with E-state index in [1.807, 2.05) is 31.2 Å². The molecule has 26 heavy (non-hydrogen) atoms. The number of carbonyl (C=O) groups is 2. The molecule has 0 unspecified atom stereocenters. The number of thioether (sulfide) groups is 1. The fourth-order valence-corrected chi connectivity index (χ4v) is 3.70. The summed E-state index contributed by atoms with van der Waals surface area (Å²) in [5, 5.41) is 8.89. The maximum absolute atomic E-state index is 12.0. The zero-order valence-electron chi connectivity index (χ0n) is 13.8. The molecule has 0 radical (unpaired) electrons. The van der Waals surface area contributed by atoms with Crippen molar-refractivity contribution >= 4 is 34.9 Å². The topological polar surface area (TPSA) is 96.9 Å². The van der Waals surface area contributed by atoms with Gasteiger partial charge in [-0.05, 0) is 30.7 Å². The Hall–Kier alpha value is -2.78. The van der Waals surface area contributed by atoms with Gasteiger partial charge in [0.25, 0.3) is 5.91 Å². The molecule has 0 fully saturated rings. The van der Waals surface area contributed by atoms with Crippen molar-refractivity contribution in [3.05, 3.63) is 59.9 Å². The molecule has 2 amide bonds. The Morgan fingerprint density at radius 3 is 2.73 bits per heavy atom. The lowest BCUT2D eigenvalue weighted by atomic mass is 10.1. The van der Waals surface area contributed by atoms with Crippen LogP contribution < -0.4 is 10.9 Å². The minimum absolute atomic E-state index is 0.121. The first-order valence-electron chi connectivity index (χ1n) is 7.65. The van der Waals surface area contributed by atoms with Crippen molar-refractivity contribution in [2.75, 3.05) is 5.75 Å². The molecule has 2 N–H and O–H groups in total. The first-order valence-corrected chi connectivity index (χ1v) is 9.45. The summed E-state index contributed by atoms with van der Waals surface area (Å²) in [6.45, 7) is 1.84. The molecule has 0 atom stereocenters. The molecule has 132 valence electrons. The summed E-state index contributed by atoms with van der Waals surface area (Å²) < 4.78 is 0.671. The zero-order chi connectivity index (χ0) is 18.4. The van der Waals surface area contributed by atoms with Crippen molar-refractivity contribution in [1.82, 2.24) is 26.0 Å². The lowest BCUT2D eigenvalue weighted by Gasteiger charge is -2.08. The van der Waals surface area contributed by atoms with Crippen LogP contribution in [0.2, 0.25) is 0 Å². The predicted molar refractivity (Wildman–Crippen MR) is 101 cm³/mol. The normalized spacial score (nSPS) is 10.3. The number of amides is 2. The minimum atomic E-state index is -0.351. The van der Waals surface area contributed by atoms with E-state index in [4.69, 9.17) is 0 Å². The zero-order valence-corrected chi connectivity index (χ0v) is 15.4. The van der Waals surface area contributed by atoms with Crippen molar-refractivity contribution in [1.29, 1.82) is 0 Å². The van der Waals surface area contributed by atoms with Crippen LogP contribution in [-0.2, 0) is 4.79 Å². The molecule has 9 heteroatoms. The maximum Gasteiger partial charge on any atom is 0.269 e. The fraction of sp³-hybridized carbons (Fsp3) is 0.118. The summed E-state index contributed by atoms with van der Waals surface area (Å²) >= 11 is 2.64. The summed E-state index contributed by atoms with van der Waals surface area (Å²) in [6.07, 6.45) is 3.40. The Morgan fingerprint density at radius 2 is 1.96 bits per heavy atom. The molecule has 2 heterocycles. The van der Waals surface area contributed by atoms with Gasteiger partial charge in [-0.1, -0.05) is 41.3 Å². The van der Waals surface area contributed by atoms with Crippen LogP contribution in [0.25, 0.3) is 10.6 Å². The van der Waals surface area contributed by atoms with E-state index in [0.29, 0.717) is 9.90 Å². The predicted octanol–water partition coefficient (Wildman–Crippen LogP) is 2.46. The molecule has 0 saturated heterocycles. The van der Waals surface area contributed by atoms with Crippen LogP contribution >= 0.6 is 23.1 Å². The molecule has 0 spiro atoms. The Morgan fingerprint density at radius 1 is 1.12 bits per heavy atom. The van der Waals surface area contributed by atoms with E-state index in [0.717, 1.165) is 16.1 Å². The second kappa shape index (κ2) is 8.54. The van der Waals surface area contributed by atoms with Gasteiger partial charge >= 0.3 is 0 Å². The van der Waals surface area contributed by atoms with E-state index in [2.05, 4.69) is 26.0 Å². The van der Waals surface area contributed by atoms with Crippen LogP contribution in [0.5, 0.6) is 0 Å². The van der Waals surface area contributed by atoms with Gasteiger partial charge in [-0.15, -0.1) is 10.2 Å². The third kappa shape index (κ3) is 4.64. The maximum atomic E-state index is 12.0. The summed E-state index contributed by atoms with van der Waals surface area (Å²) in [5.74, 6) is -0.554. The lowest BCUT2D eigenvalue weighted by Crippen LogP contribution is -2.42. The Balaban J connectivity index is 1.48. The van der Waals surface area contributed by atoms with Gasteiger partial charge in [0, 0.05) is 23.5 Å². The molecule has 1 aromatic carbocycles. The number of aromatic nitrogens is 3. The van der Waals surface area contributed by atoms with Gasteiger partial charge in [0.05, 0.1) is 5.75 Å². The Bertz CT molecular complexity index is 914. The minimum Gasteiger partial charge on any atom is -0.272 e. The van der Waals surface area contributed by atoms with Gasteiger partial charge in [0.15, 0.2) is 4.34 Å². The molecule has 3 rings (SSSR count). The number of hydrazine groups is 1. The summed E-state index contributed by atoms with van der Waals surface area (Å²) in [5.41, 5.74) is 7.06. The Labute approximate surface area is 158 Å². The number of nitrogens with one attached hydrogen (secondary N) is 2. The van der Waals surface area contributed by atoms with E-state index in [1.165, 1.54) is 23.1 Å². The van der Waals surface area contributed by atoms with Gasteiger partial charge in [-0.25, -0.2) is 0 Å². The van der Waals surface area contributed by atoms with E-state index in [1.54, 1.807) is 24.5 Å². The third-order valence-electron chi connectivity index (χ3n) is 3.35. The number of nitrogens with zero attached hydrogens (tertiary/aromatic N) is 3. The molecule has 0 aliphatic carbocycles. The number of benzene rings is 1. The van der Waals surface area contributed by atoms with Gasteiger partial charge in [-0.2, -0.15) is 0 Å². The van der Waals surface area contributed by atoms with Crippen LogP contribution in [0.4, 0.5) is 0 Å². The monoisotopic (exact) mass is 385 g/mol. The van der Waals surface area contributed by atoms with E-state index < -0.39 is 0 Å². The highest BCUT2D eigenvalue weighted by atomic mass is 32.2. The highest BCUT2D eigenvalue weighted by Crippen LogP contribution is 2.28. The van der Waals surface area contributed by atoms with Crippen LogP contribution in [0.1, 0.15) is 15.9 Å². The van der Waals surface area contributed by atoms with E-state index in [-0.39, 0.29) is 17.6 Å². The number of hydrogen-bond acceptors (Lipinski definition) is 7. The summed E-state index contributed by atoms with van der Waals surface area (Å²) in [4.78, 5) is 28.0. The smallest absolute Gasteiger partial charge is 0.269 e. The molecule has 0 aliphatic rings. The van der Waals surface area contributed by atoms with Gasteiger partial charge in [0.1, 0.15) is 5.01 Å². The molecular formula is C17H15N5O2S2. The van der Waals surface area contributed by atoms with Crippen molar-refractivity contribution in [3.63, 3.8) is 0 Å². The third-order valence-corrected chi connectivity index (χ3v) is 5.45. The Kier molecular flexibility index (Phi) is 5.92. The second-order valence-electron chi connectivity index (χ2n) is 5.22. The molecule has 0 bridgehead atoms. The summed E-state index contributed by atoms with van der Waals surface area (Å²) in [7, 11) is 0. The first kappa shape index (κ1) is 18.0. The van der Waals surface area contributed by atoms with Crippen molar-refractivity contribution < 1.29 is 9.59 Å². The van der Waals surface area contributed by atoms with E-state index >= 15 is 0 Å². The van der Waals surface area contributed by atoms with Crippen LogP contribution in [0, 0.1) is 6.92 Å². The van der Waals surface area contributed by atoms with E-state index in [9.17, 15) is 9.59 Å². The second-order valence-corrected chi connectivity index (χ2v) is 7.42. The van der Waals surface area contributed by atoms with Crippen molar-refractivity contribution in [3.8, 4) is 10.6 Å². The SMILES string of the molecule is Cc1ccccc1C(=O)NNC(=O)CSc1nnc(-c2cccnc2)s1. The van der Waals surface area contributed by atoms with Crippen LogP contribution in [0.15, 0.2) is 53.1 Å². The van der Waals surface area contributed by atoms with Crippen LogP contribution in [0.3, 0.4) is 0 Å². The highest BCUT2D eigenvalue weighted by molar-refractivity contribution is 8.01. The quantitative estimate of drug-likeness (QED) is 0.517. The lowest BCUT2D eigenvalue weighted by molar-refractivity contribution is -0.119. The standard InChI is InChI=1S/C17H15N5O2S2/c1-11-5-2-3-7-13(11)15(24)20-19-14(23)10-25-17-22-21-16(26-17)12-6-4-8-18-9-12/h2-9H,10H2,1H3,(H,19,23)(H,20,24). The summed E-state index contributed by atoms with van der Waals surface area (Å²) in [6, 6.07) is 10.9. The molecule has 0 saturated carbocycles. The number of carbonyl (C=O) groups excluding carboxylic acids is 2. The highest BCUT2D eigenvalue weighted by Gasteiger charge is 2.12. The van der Waals surface area contributed by atoms with Gasteiger partial charge in [-0.3, -0.25) is 25.4 Å². The average Bonchev–Trinajstić information content (AvgIpc) is 3.14. The molecular weight excluding hydrogens is 370 g/mol. The number of rotatable bonds is 5. The van der Waals surface area contributed by atoms with Gasteiger partial charge < -0.3 is 0 Å². The number of hydrogen-bond donors (Lipinski definition) is 2. The molecule has 3 aromatic rings. The van der Waals surface area contributed by atoms with Crippen molar-refractivity contribution in [2.24, 2.45) is 0 Å². The number of aryl methyl sites for hydroxylation is 1. The fourth-order valence-electron chi connectivity index (χ4n) is 2.06. The van der Waals surface area contributed by atoms with Gasteiger partial charge in [0.2, 0.25) is 5.91 Å². The first-order chi connectivity index (χ1) is 12.6. The van der Waals surface area contributed by atoms with Crippen molar-refractivity contribution in [2.45, 2.75) is 11.3 Å². The number of pyridine rings is 1. The average molecular weight is 385 g/mol. The molecule has 0 aliphatic heterocycles. The van der Waals surface area contributed by atoms with Crippen LogP contribution in [-0.4, -0.2) is 32.7 Å².